The number of benzene rings is 2. The lowest BCUT2D eigenvalue weighted by Gasteiger charge is -2.15. The number of methoxy groups -OCH3 is 1. The van der Waals surface area contributed by atoms with Crippen LogP contribution in [-0.4, -0.2) is 52.9 Å². The molecule has 196 valence electrons. The number of anilines is 1. The van der Waals surface area contributed by atoms with Crippen LogP contribution < -0.4 is 10.9 Å². The second-order valence-corrected chi connectivity index (χ2v) is 9.51. The molecule has 3 aromatic heterocycles. The zero-order valence-electron chi connectivity index (χ0n) is 20.3. The maximum atomic E-state index is 13.4. The van der Waals surface area contributed by atoms with Gasteiger partial charge in [0.2, 0.25) is 0 Å². The minimum atomic E-state index is -0.560. The molecule has 0 fully saturated rings. The Morgan fingerprint density at radius 2 is 1.95 bits per heavy atom. The highest BCUT2D eigenvalue weighted by Crippen LogP contribution is 2.35. The van der Waals surface area contributed by atoms with E-state index in [4.69, 9.17) is 28.2 Å². The minimum absolute atomic E-state index is 0.231. The number of hydrogen-bond acceptors (Lipinski definition) is 8. The van der Waals surface area contributed by atoms with Gasteiger partial charge in [0.1, 0.15) is 18.0 Å². The molecular weight excluding hydrogens is 545 g/mol. The summed E-state index contributed by atoms with van der Waals surface area (Å²) in [5, 5.41) is 14.7. The zero-order chi connectivity index (χ0) is 27.1. The Labute approximate surface area is 230 Å². The maximum absolute atomic E-state index is 13.4. The number of nitrogens with one attached hydrogen (secondary N) is 2. The first kappa shape index (κ1) is 24.8. The van der Waals surface area contributed by atoms with Gasteiger partial charge in [-0.05, 0) is 59.3 Å². The smallest absolute Gasteiger partial charge is 0.411 e. The minimum Gasteiger partial charge on any atom is -0.453 e. The van der Waals surface area contributed by atoms with Crippen LogP contribution in [0, 0.1) is 0 Å². The first-order valence-electron chi connectivity index (χ1n) is 11.8. The van der Waals surface area contributed by atoms with Gasteiger partial charge in [-0.2, -0.15) is 4.68 Å². The number of aryl methyl sites for hydroxylation is 1. The fourth-order valence-electron chi connectivity index (χ4n) is 4.64. The van der Waals surface area contributed by atoms with Crippen molar-refractivity contribution in [1.29, 1.82) is 0 Å². The summed E-state index contributed by atoms with van der Waals surface area (Å²) < 4.78 is 7.74. The Morgan fingerprint density at radius 1 is 1.13 bits per heavy atom. The fraction of sp³-hybridized carbons (Fsp3) is 0.160. The highest BCUT2D eigenvalue weighted by Gasteiger charge is 2.30. The number of H-pyrrole nitrogens is 1. The molecule has 2 aromatic carbocycles. The lowest BCUT2D eigenvalue weighted by Crippen LogP contribution is -2.25. The highest BCUT2D eigenvalue weighted by atomic mass is 35.5. The number of ether oxygens (including phenoxy) is 1. The number of rotatable bonds is 5. The van der Waals surface area contributed by atoms with Gasteiger partial charge in [0.25, 0.3) is 5.56 Å². The van der Waals surface area contributed by atoms with Gasteiger partial charge in [-0.15, -0.1) is 5.10 Å². The molecule has 0 saturated carbocycles. The molecule has 5 aromatic rings. The van der Waals surface area contributed by atoms with Crippen molar-refractivity contribution < 1.29 is 9.53 Å². The molecule has 2 N–H and O–H groups in total. The topological polar surface area (TPSA) is 146 Å². The quantitative estimate of drug-likeness (QED) is 0.322. The lowest BCUT2D eigenvalue weighted by molar-refractivity contribution is 0.187. The third kappa shape index (κ3) is 4.64. The van der Waals surface area contributed by atoms with E-state index < -0.39 is 6.09 Å². The SMILES string of the molecule is COC(=O)Nc1ccc(-c2nc(Cl)c(C3CCc4nc(-c5cc(Cl)ccc5-n5cnnn5)cc(=O)n43)[nH]2)cc1. The molecule has 39 heavy (non-hydrogen) atoms. The molecule has 0 bridgehead atoms. The largest absolute Gasteiger partial charge is 0.453 e. The summed E-state index contributed by atoms with van der Waals surface area (Å²) in [4.78, 5) is 37.4. The number of tetrazole rings is 1. The van der Waals surface area contributed by atoms with Crippen molar-refractivity contribution in [3.63, 3.8) is 0 Å². The van der Waals surface area contributed by atoms with Crippen molar-refractivity contribution in [2.45, 2.75) is 18.9 Å². The van der Waals surface area contributed by atoms with Crippen molar-refractivity contribution in [2.75, 3.05) is 12.4 Å². The Hall–Kier alpha value is -4.55. The maximum Gasteiger partial charge on any atom is 0.411 e. The molecule has 0 saturated heterocycles. The van der Waals surface area contributed by atoms with Crippen molar-refractivity contribution in [2.24, 2.45) is 0 Å². The predicted molar refractivity (Wildman–Crippen MR) is 143 cm³/mol. The summed E-state index contributed by atoms with van der Waals surface area (Å²) in [6.07, 6.45) is 2.08. The van der Waals surface area contributed by atoms with E-state index in [-0.39, 0.29) is 16.8 Å². The van der Waals surface area contributed by atoms with Crippen LogP contribution >= 0.6 is 23.2 Å². The Bertz CT molecular complexity index is 1750. The number of aromatic nitrogens is 8. The second-order valence-electron chi connectivity index (χ2n) is 8.72. The number of hydrogen-bond donors (Lipinski definition) is 2. The molecule has 1 unspecified atom stereocenters. The van der Waals surface area contributed by atoms with Crippen LogP contribution in [0.2, 0.25) is 10.2 Å². The number of amides is 1. The third-order valence-electron chi connectivity index (χ3n) is 6.42. The number of fused-ring (bicyclic) bond motifs is 1. The summed E-state index contributed by atoms with van der Waals surface area (Å²) in [7, 11) is 1.30. The van der Waals surface area contributed by atoms with Gasteiger partial charge in [0.05, 0.1) is 30.2 Å². The molecule has 1 atom stereocenters. The molecule has 14 heteroatoms. The van der Waals surface area contributed by atoms with Crippen molar-refractivity contribution in [3.8, 4) is 28.3 Å². The normalized spacial score (nSPS) is 14.3. The van der Waals surface area contributed by atoms with Crippen LogP contribution in [0.1, 0.15) is 24.0 Å². The summed E-state index contributed by atoms with van der Waals surface area (Å²) in [6.45, 7) is 0. The number of nitrogens with zero attached hydrogens (tertiary/aromatic N) is 7. The summed E-state index contributed by atoms with van der Waals surface area (Å²) >= 11 is 12.8. The van der Waals surface area contributed by atoms with E-state index in [1.807, 2.05) is 0 Å². The molecule has 6 rings (SSSR count). The number of carbonyl (C=O) groups is 1. The van der Waals surface area contributed by atoms with Gasteiger partial charge in [-0.1, -0.05) is 23.2 Å². The molecular formula is C25H19Cl2N9O3. The van der Waals surface area contributed by atoms with Gasteiger partial charge >= 0.3 is 6.09 Å². The molecule has 0 spiro atoms. The van der Waals surface area contributed by atoms with Gasteiger partial charge in [0, 0.05) is 34.3 Å². The van der Waals surface area contributed by atoms with Crippen LogP contribution in [-0.2, 0) is 11.2 Å². The van der Waals surface area contributed by atoms with Crippen LogP contribution in [0.4, 0.5) is 10.5 Å². The highest BCUT2D eigenvalue weighted by molar-refractivity contribution is 6.31. The van der Waals surface area contributed by atoms with Crippen molar-refractivity contribution >= 4 is 35.0 Å². The molecule has 4 heterocycles. The summed E-state index contributed by atoms with van der Waals surface area (Å²) in [6, 6.07) is 13.4. The Balaban J connectivity index is 1.33. The first-order valence-corrected chi connectivity index (χ1v) is 12.5. The molecule has 1 aliphatic heterocycles. The average Bonchev–Trinajstić information content (AvgIpc) is 3.69. The Kier molecular flexibility index (Phi) is 6.33. The van der Waals surface area contributed by atoms with Gasteiger partial charge in [-0.25, -0.2) is 14.8 Å². The Morgan fingerprint density at radius 3 is 2.69 bits per heavy atom. The molecule has 0 aliphatic carbocycles. The van der Waals surface area contributed by atoms with E-state index >= 15 is 0 Å². The number of imidazole rings is 1. The number of halogens is 2. The third-order valence-corrected chi connectivity index (χ3v) is 6.94. The number of carbonyl (C=O) groups excluding carboxylic acids is 1. The van der Waals surface area contributed by atoms with Crippen LogP contribution in [0.25, 0.3) is 28.3 Å². The van der Waals surface area contributed by atoms with E-state index in [1.165, 1.54) is 24.2 Å². The molecule has 1 amide bonds. The van der Waals surface area contributed by atoms with E-state index in [0.29, 0.717) is 57.8 Å². The molecule has 1 aliphatic rings. The molecule has 0 radical (unpaired) electrons. The fourth-order valence-corrected chi connectivity index (χ4v) is 5.07. The first-order chi connectivity index (χ1) is 18.9. The summed E-state index contributed by atoms with van der Waals surface area (Å²) in [5.41, 5.74) is 3.47. The lowest BCUT2D eigenvalue weighted by atomic mass is 10.1. The van der Waals surface area contributed by atoms with Gasteiger partial charge in [-0.3, -0.25) is 14.7 Å². The molecule has 12 nitrogen and oxygen atoms in total. The van der Waals surface area contributed by atoms with Crippen LogP contribution in [0.15, 0.2) is 59.7 Å². The van der Waals surface area contributed by atoms with Gasteiger partial charge < -0.3 is 9.72 Å². The van der Waals surface area contributed by atoms with Crippen molar-refractivity contribution in [3.05, 3.63) is 86.9 Å². The zero-order valence-corrected chi connectivity index (χ0v) is 21.8. The van der Waals surface area contributed by atoms with E-state index in [2.05, 4.69) is 35.5 Å². The van der Waals surface area contributed by atoms with Crippen LogP contribution in [0.3, 0.4) is 0 Å². The number of aromatic amines is 1. The van der Waals surface area contributed by atoms with Crippen LogP contribution in [0.5, 0.6) is 0 Å². The predicted octanol–water partition coefficient (Wildman–Crippen LogP) is 4.30. The van der Waals surface area contributed by atoms with E-state index in [9.17, 15) is 9.59 Å². The second kappa shape index (κ2) is 9.97. The van der Waals surface area contributed by atoms with Crippen molar-refractivity contribution in [1.82, 2.24) is 39.7 Å². The average molecular weight is 564 g/mol. The van der Waals surface area contributed by atoms with E-state index in [1.54, 1.807) is 47.0 Å². The monoisotopic (exact) mass is 563 g/mol. The van der Waals surface area contributed by atoms with Gasteiger partial charge in [0.15, 0.2) is 5.15 Å². The standard InChI is InChI=1S/C25H19Cl2N9O3/c1-39-25(38)29-15-5-2-13(3-6-15)24-31-22(23(27)32-24)19-8-9-20-30-17(11-21(37)36(19)20)16-10-14(26)4-7-18(16)35-12-28-33-34-35/h2-7,10-12,19H,8-9H2,1H3,(H,29,38)(H,31,32). The summed E-state index contributed by atoms with van der Waals surface area (Å²) in [5.74, 6) is 1.16. The van der Waals surface area contributed by atoms with E-state index in [0.717, 1.165) is 5.56 Å².